The number of para-hydroxylation sites is 2. The quantitative estimate of drug-likeness (QED) is 0.737. The number of fused-ring (bicyclic) bond motifs is 1. The number of nitrogens with zero attached hydrogens (tertiary/aromatic N) is 6. The first-order valence-corrected chi connectivity index (χ1v) is 7.78. The zero-order valence-electron chi connectivity index (χ0n) is 12.8. The lowest BCUT2D eigenvalue weighted by Gasteiger charge is -2.23. The maximum atomic E-state index is 4.79. The predicted octanol–water partition coefficient (Wildman–Crippen LogP) is 1.83. The third kappa shape index (κ3) is 2.39. The Kier molecular flexibility index (Phi) is 3.38. The lowest BCUT2D eigenvalue weighted by atomic mass is 10.2. The summed E-state index contributed by atoms with van der Waals surface area (Å²) >= 11 is 0. The molecule has 1 aliphatic heterocycles. The first-order chi connectivity index (χ1) is 10.8. The monoisotopic (exact) mass is 296 g/mol. The van der Waals surface area contributed by atoms with Crippen LogP contribution in [0.5, 0.6) is 0 Å². The molecule has 3 heterocycles. The highest BCUT2D eigenvalue weighted by Crippen LogP contribution is 2.22. The first-order valence-electron chi connectivity index (χ1n) is 7.78. The summed E-state index contributed by atoms with van der Waals surface area (Å²) in [5.74, 6) is 1.13. The third-order valence-electron chi connectivity index (χ3n) is 4.59. The van der Waals surface area contributed by atoms with Crippen molar-refractivity contribution in [2.45, 2.75) is 32.0 Å². The van der Waals surface area contributed by atoms with Crippen molar-refractivity contribution in [2.24, 2.45) is 7.05 Å². The topological polar surface area (TPSA) is 51.8 Å². The average Bonchev–Trinajstić information content (AvgIpc) is 3.25. The Bertz CT molecular complexity index is 760. The van der Waals surface area contributed by atoms with Crippen molar-refractivity contribution in [3.8, 4) is 0 Å². The highest BCUT2D eigenvalue weighted by Gasteiger charge is 2.26. The fourth-order valence-corrected chi connectivity index (χ4v) is 3.37. The van der Waals surface area contributed by atoms with Crippen LogP contribution in [0.2, 0.25) is 0 Å². The van der Waals surface area contributed by atoms with E-state index in [9.17, 15) is 0 Å². The molecule has 1 fully saturated rings. The van der Waals surface area contributed by atoms with Gasteiger partial charge in [0.15, 0.2) is 0 Å². The van der Waals surface area contributed by atoms with Gasteiger partial charge in [0.1, 0.15) is 18.5 Å². The van der Waals surface area contributed by atoms with Gasteiger partial charge in [-0.2, -0.15) is 5.10 Å². The Hall–Kier alpha value is -2.21. The van der Waals surface area contributed by atoms with Gasteiger partial charge in [0.25, 0.3) is 0 Å². The predicted molar refractivity (Wildman–Crippen MR) is 84.2 cm³/mol. The average molecular weight is 296 g/mol. The highest BCUT2D eigenvalue weighted by atomic mass is 15.3. The fourth-order valence-electron chi connectivity index (χ4n) is 3.37. The Balaban J connectivity index is 1.54. The Morgan fingerprint density at radius 3 is 3.00 bits per heavy atom. The number of aromatic nitrogens is 5. The van der Waals surface area contributed by atoms with E-state index in [1.807, 2.05) is 10.7 Å². The molecule has 0 radical (unpaired) electrons. The number of rotatable bonds is 4. The summed E-state index contributed by atoms with van der Waals surface area (Å²) in [6.45, 7) is 2.93. The summed E-state index contributed by atoms with van der Waals surface area (Å²) in [4.78, 5) is 11.3. The van der Waals surface area contributed by atoms with Gasteiger partial charge in [-0.25, -0.2) is 9.97 Å². The minimum absolute atomic E-state index is 0.515. The van der Waals surface area contributed by atoms with Crippen LogP contribution >= 0.6 is 0 Å². The molecule has 0 spiro atoms. The molecule has 6 nitrogen and oxygen atoms in total. The smallest absolute Gasteiger partial charge is 0.137 e. The Morgan fingerprint density at radius 2 is 2.18 bits per heavy atom. The van der Waals surface area contributed by atoms with Crippen molar-refractivity contribution in [3.63, 3.8) is 0 Å². The van der Waals surface area contributed by atoms with Crippen LogP contribution in [-0.2, 0) is 20.1 Å². The van der Waals surface area contributed by atoms with E-state index >= 15 is 0 Å². The van der Waals surface area contributed by atoms with Crippen LogP contribution in [0.1, 0.15) is 18.7 Å². The zero-order valence-corrected chi connectivity index (χ0v) is 12.8. The maximum Gasteiger partial charge on any atom is 0.137 e. The van der Waals surface area contributed by atoms with Crippen molar-refractivity contribution in [1.29, 1.82) is 0 Å². The molecule has 1 aliphatic rings. The molecular weight excluding hydrogens is 276 g/mol. The Labute approximate surface area is 129 Å². The van der Waals surface area contributed by atoms with Gasteiger partial charge in [0.2, 0.25) is 0 Å². The summed E-state index contributed by atoms with van der Waals surface area (Å²) < 4.78 is 4.14. The van der Waals surface area contributed by atoms with Gasteiger partial charge in [-0.1, -0.05) is 12.1 Å². The van der Waals surface area contributed by atoms with Crippen molar-refractivity contribution in [2.75, 3.05) is 6.54 Å². The molecule has 6 heteroatoms. The number of hydrogen-bond acceptors (Lipinski definition) is 4. The molecule has 22 heavy (non-hydrogen) atoms. The number of likely N-dealkylation sites (tertiary alicyclic amines) is 1. The number of aryl methyl sites for hydroxylation is 1. The van der Waals surface area contributed by atoms with E-state index in [-0.39, 0.29) is 0 Å². The van der Waals surface area contributed by atoms with Gasteiger partial charge in [-0.05, 0) is 31.5 Å². The second-order valence-electron chi connectivity index (χ2n) is 5.96. The van der Waals surface area contributed by atoms with Crippen molar-refractivity contribution in [1.82, 2.24) is 29.2 Å². The van der Waals surface area contributed by atoms with Crippen molar-refractivity contribution < 1.29 is 0 Å². The fraction of sp³-hybridized carbons (Fsp3) is 0.438. The molecule has 1 unspecified atom stereocenters. The molecule has 2 aromatic heterocycles. The first kappa shape index (κ1) is 13.5. The molecule has 0 aliphatic carbocycles. The zero-order chi connectivity index (χ0) is 14.9. The summed E-state index contributed by atoms with van der Waals surface area (Å²) in [5, 5.41) is 4.23. The van der Waals surface area contributed by atoms with Gasteiger partial charge >= 0.3 is 0 Å². The van der Waals surface area contributed by atoms with Crippen LogP contribution in [0.3, 0.4) is 0 Å². The molecule has 1 saturated heterocycles. The molecular formula is C16H20N6. The van der Waals surface area contributed by atoms with Gasteiger partial charge in [-0.3, -0.25) is 9.58 Å². The summed E-state index contributed by atoms with van der Waals surface area (Å²) in [5.41, 5.74) is 2.27. The van der Waals surface area contributed by atoms with E-state index in [2.05, 4.69) is 44.8 Å². The van der Waals surface area contributed by atoms with Crippen molar-refractivity contribution >= 4 is 11.0 Å². The van der Waals surface area contributed by atoms with Gasteiger partial charge in [0.05, 0.1) is 24.1 Å². The molecule has 0 bridgehead atoms. The lowest BCUT2D eigenvalue weighted by Crippen LogP contribution is -2.33. The van der Waals surface area contributed by atoms with Gasteiger partial charge in [0, 0.05) is 13.1 Å². The van der Waals surface area contributed by atoms with Crippen LogP contribution in [0.25, 0.3) is 11.0 Å². The Morgan fingerprint density at radius 1 is 1.27 bits per heavy atom. The molecule has 114 valence electrons. The van der Waals surface area contributed by atoms with E-state index in [4.69, 9.17) is 4.98 Å². The van der Waals surface area contributed by atoms with E-state index in [1.54, 1.807) is 12.7 Å². The SMILES string of the molecule is Cn1c(CN2CCCC2Cn2cncn2)nc2ccccc21. The lowest BCUT2D eigenvalue weighted by molar-refractivity contribution is 0.212. The number of imidazole rings is 1. The molecule has 4 rings (SSSR count). The van der Waals surface area contributed by atoms with E-state index in [0.717, 1.165) is 31.0 Å². The number of hydrogen-bond donors (Lipinski definition) is 0. The molecule has 0 amide bonds. The van der Waals surface area contributed by atoms with Crippen LogP contribution in [0.4, 0.5) is 0 Å². The highest BCUT2D eigenvalue weighted by molar-refractivity contribution is 5.75. The second-order valence-corrected chi connectivity index (χ2v) is 5.96. The number of benzene rings is 1. The van der Waals surface area contributed by atoms with E-state index in [1.165, 1.54) is 18.4 Å². The van der Waals surface area contributed by atoms with Crippen LogP contribution in [-0.4, -0.2) is 41.8 Å². The van der Waals surface area contributed by atoms with Crippen LogP contribution < -0.4 is 0 Å². The molecule has 1 aromatic carbocycles. The van der Waals surface area contributed by atoms with E-state index in [0.29, 0.717) is 6.04 Å². The minimum atomic E-state index is 0.515. The van der Waals surface area contributed by atoms with Gasteiger partial charge < -0.3 is 4.57 Å². The largest absolute Gasteiger partial charge is 0.330 e. The molecule has 3 aromatic rings. The van der Waals surface area contributed by atoms with Crippen molar-refractivity contribution in [3.05, 3.63) is 42.7 Å². The summed E-state index contributed by atoms with van der Waals surface area (Å²) in [7, 11) is 2.10. The van der Waals surface area contributed by atoms with Crippen LogP contribution in [0.15, 0.2) is 36.9 Å². The normalized spacial score (nSPS) is 19.2. The van der Waals surface area contributed by atoms with Gasteiger partial charge in [-0.15, -0.1) is 0 Å². The molecule has 1 atom stereocenters. The third-order valence-corrected chi connectivity index (χ3v) is 4.59. The second kappa shape index (κ2) is 5.53. The summed E-state index contributed by atoms with van der Waals surface area (Å²) in [6, 6.07) is 8.83. The molecule has 0 N–H and O–H groups in total. The van der Waals surface area contributed by atoms with E-state index < -0.39 is 0 Å². The summed E-state index contributed by atoms with van der Waals surface area (Å²) in [6.07, 6.45) is 5.85. The standard InChI is InChI=1S/C16H20N6/c1-20-15-7-3-2-6-14(15)19-16(20)10-21-8-4-5-13(21)9-22-12-17-11-18-22/h2-3,6-7,11-13H,4-5,8-10H2,1H3. The maximum absolute atomic E-state index is 4.79. The molecule has 0 saturated carbocycles. The van der Waals surface area contributed by atoms with Crippen LogP contribution in [0, 0.1) is 0 Å². The minimum Gasteiger partial charge on any atom is -0.330 e.